The van der Waals surface area contributed by atoms with Gasteiger partial charge in [0.05, 0.1) is 11.0 Å². The van der Waals surface area contributed by atoms with Gasteiger partial charge in [0.25, 0.3) is 0 Å². The van der Waals surface area contributed by atoms with Gasteiger partial charge in [-0.1, -0.05) is 18.2 Å². The zero-order valence-electron chi connectivity index (χ0n) is 25.4. The third-order valence-corrected chi connectivity index (χ3v) is 11.4. The summed E-state index contributed by atoms with van der Waals surface area (Å²) in [5, 5.41) is 1.41. The average Bonchev–Trinajstić information content (AvgIpc) is 3.00. The maximum absolute atomic E-state index is 12.9. The van der Waals surface area contributed by atoms with Crippen molar-refractivity contribution in [2.24, 2.45) is 0 Å². The van der Waals surface area contributed by atoms with Gasteiger partial charge < -0.3 is 27.1 Å². The third kappa shape index (κ3) is 6.90. The lowest BCUT2D eigenvalue weighted by Crippen LogP contribution is -2.43. The van der Waals surface area contributed by atoms with Crippen LogP contribution < -0.4 is 14.8 Å². The molecule has 1 aliphatic heterocycles. The Balaban J connectivity index is 1.88. The molecule has 0 N–H and O–H groups in total. The fourth-order valence-corrected chi connectivity index (χ4v) is 7.74. The number of hydrogen-bond donors (Lipinski definition) is 0. The van der Waals surface area contributed by atoms with E-state index in [2.05, 4.69) is 18.7 Å². The molecular weight excluding hydrogens is 589 g/mol. The number of rotatable bonds is 13. The van der Waals surface area contributed by atoms with Crippen molar-refractivity contribution in [3.63, 3.8) is 0 Å². The summed E-state index contributed by atoms with van der Waals surface area (Å²) < 4.78 is 61.4. The van der Waals surface area contributed by atoms with Gasteiger partial charge in [0, 0.05) is 86.8 Å². The zero-order chi connectivity index (χ0) is 31.4. The van der Waals surface area contributed by atoms with E-state index in [0.717, 1.165) is 24.1 Å². The van der Waals surface area contributed by atoms with Crippen molar-refractivity contribution < 1.29 is 35.5 Å². The second-order valence-electron chi connectivity index (χ2n) is 10.2. The van der Waals surface area contributed by atoms with E-state index >= 15 is 0 Å². The maximum atomic E-state index is 12.9. The lowest BCUT2D eigenvalue weighted by molar-refractivity contribution is -0.118. The summed E-state index contributed by atoms with van der Waals surface area (Å²) >= 11 is 0. The molecule has 0 unspecified atom stereocenters. The molecule has 2 aliphatic rings. The first kappa shape index (κ1) is 32.5. The van der Waals surface area contributed by atoms with Crippen molar-refractivity contribution in [1.29, 1.82) is 0 Å². The highest BCUT2D eigenvalue weighted by Gasteiger charge is 2.38. The van der Waals surface area contributed by atoms with Gasteiger partial charge in [-0.3, -0.25) is 4.79 Å². The van der Waals surface area contributed by atoms with E-state index in [0.29, 0.717) is 39.5 Å². The molecule has 4 rings (SSSR count). The minimum absolute atomic E-state index is 0.0137. The molecule has 0 atom stereocenters. The van der Waals surface area contributed by atoms with Crippen LogP contribution in [0.1, 0.15) is 20.3 Å². The number of Topliss-reactive ketones (excluding diaryl/α,β-unsaturated/α-hetero) is 1. The molecule has 0 amide bonds. The van der Waals surface area contributed by atoms with Crippen molar-refractivity contribution in [1.82, 2.24) is 4.58 Å². The second-order valence-corrected chi connectivity index (χ2v) is 14.6. The summed E-state index contributed by atoms with van der Waals surface area (Å²) in [7, 11) is -1.27. The van der Waals surface area contributed by atoms with Gasteiger partial charge in [0.15, 0.2) is 5.78 Å². The molecule has 0 saturated carbocycles. The van der Waals surface area contributed by atoms with Crippen LogP contribution in [0.3, 0.4) is 0 Å². The molecule has 2 aromatic carbocycles. The van der Waals surface area contributed by atoms with Gasteiger partial charge in [-0.2, -0.15) is 0 Å². The molecule has 2 aromatic rings. The highest BCUT2D eigenvalue weighted by molar-refractivity contribution is 7.85. The number of carbonyl (C=O) groups is 1. The molecule has 1 aliphatic carbocycles. The van der Waals surface area contributed by atoms with Crippen LogP contribution in [0.25, 0.3) is 33.4 Å². The fraction of sp³-hybridized carbons (Fsp3) is 0.355. The van der Waals surface area contributed by atoms with Crippen molar-refractivity contribution in [2.75, 3.05) is 52.9 Å². The monoisotopic (exact) mass is 626 g/mol. The Kier molecular flexibility index (Phi) is 10.2. The van der Waals surface area contributed by atoms with Crippen molar-refractivity contribution in [3.05, 3.63) is 66.0 Å². The minimum Gasteiger partial charge on any atom is -0.744 e. The Morgan fingerprint density at radius 2 is 1.63 bits per heavy atom. The molecule has 43 heavy (non-hydrogen) atoms. The van der Waals surface area contributed by atoms with E-state index < -0.39 is 18.9 Å². The lowest BCUT2D eigenvalue weighted by Gasteiger charge is -2.23. The third-order valence-electron chi connectivity index (χ3n) is 7.74. The van der Waals surface area contributed by atoms with Gasteiger partial charge in [-0.25, -0.2) is 13.0 Å². The van der Waals surface area contributed by atoms with Crippen LogP contribution in [0.2, 0.25) is 6.04 Å². The van der Waals surface area contributed by atoms with E-state index in [1.165, 1.54) is 33.5 Å². The van der Waals surface area contributed by atoms with Crippen molar-refractivity contribution >= 4 is 41.4 Å². The number of likely N-dealkylation sites (N-methyl/N-ethyl adjacent to an activating group) is 1. The van der Waals surface area contributed by atoms with Crippen LogP contribution in [0, 0.1) is 0 Å². The summed E-state index contributed by atoms with van der Waals surface area (Å²) in [6, 6.07) is 17.9. The molecule has 0 spiro atoms. The predicted octanol–water partition coefficient (Wildman–Crippen LogP) is 4.19. The summed E-state index contributed by atoms with van der Waals surface area (Å²) in [5.41, 5.74) is 3.03. The van der Waals surface area contributed by atoms with E-state index in [-0.39, 0.29) is 23.6 Å². The van der Waals surface area contributed by atoms with Gasteiger partial charge in [-0.15, -0.1) is 0 Å². The summed E-state index contributed by atoms with van der Waals surface area (Å²) in [4.78, 5) is 14.8. The number of fused-ring (bicyclic) bond motifs is 2. The number of anilines is 1. The number of ketones is 1. The number of nitrogens with zero attached hydrogens (tertiary/aromatic N) is 2. The molecule has 0 aromatic heterocycles. The summed E-state index contributed by atoms with van der Waals surface area (Å²) in [6.07, 6.45) is 0.230. The first-order valence-corrected chi connectivity index (χ1v) is 17.4. The lowest BCUT2D eigenvalue weighted by atomic mass is 9.93. The molecule has 0 radical (unpaired) electrons. The molecule has 10 nitrogen and oxygen atoms in total. The van der Waals surface area contributed by atoms with E-state index in [1.807, 2.05) is 48.0 Å². The number of carbonyl (C=O) groups excluding carboxylic acids is 1. The van der Waals surface area contributed by atoms with Gasteiger partial charge in [0.1, 0.15) is 28.5 Å². The van der Waals surface area contributed by atoms with Crippen LogP contribution in [0.4, 0.5) is 5.69 Å². The Morgan fingerprint density at radius 3 is 2.26 bits per heavy atom. The minimum atomic E-state index is -4.76. The quantitative estimate of drug-likeness (QED) is 0.0931. The second kappa shape index (κ2) is 13.5. The standard InChI is InChI=1S/C31H38N2O8SSi/c1-7-33(8-2)23-14-16-26-29(20-23)41-28-19-22(32(3)21-24(34)17-18-43(38-4,39-5)40-6)13-15-25(28)31(26)27-11-9-10-12-30(27)42(35,36)37/h9-16,19-20H,7-8,17-18,21H2,1-6H3. The molecule has 12 heteroatoms. The molecule has 1 heterocycles. The van der Waals surface area contributed by atoms with Crippen LogP contribution in [-0.4, -0.2) is 75.6 Å². The van der Waals surface area contributed by atoms with Crippen LogP contribution in [0.15, 0.2) is 70.0 Å². The van der Waals surface area contributed by atoms with Crippen LogP contribution in [0.5, 0.6) is 0 Å². The predicted molar refractivity (Wildman–Crippen MR) is 167 cm³/mol. The number of hydrogen-bond acceptors (Lipinski definition) is 9. The Labute approximate surface area is 253 Å². The Hall–Kier alpha value is -3.39. The molecule has 0 fully saturated rings. The highest BCUT2D eigenvalue weighted by atomic mass is 32.2. The number of benzene rings is 3. The SMILES string of the molecule is CCN(CC)c1ccc2c(-c3ccccc3S(=O)(=O)[O-])c3ccc(=[N+](C)CC(=O)CC[Si](OC)(OC)OC)cc-3oc2c1. The van der Waals surface area contributed by atoms with Gasteiger partial charge in [0.2, 0.25) is 11.9 Å². The van der Waals surface area contributed by atoms with Crippen LogP contribution >= 0.6 is 0 Å². The van der Waals surface area contributed by atoms with Gasteiger partial charge in [-0.05, 0) is 38.1 Å². The van der Waals surface area contributed by atoms with E-state index in [4.69, 9.17) is 17.7 Å². The van der Waals surface area contributed by atoms with Crippen molar-refractivity contribution in [3.8, 4) is 22.5 Å². The molecule has 230 valence electrons. The zero-order valence-corrected chi connectivity index (χ0v) is 27.2. The van der Waals surface area contributed by atoms with Gasteiger partial charge >= 0.3 is 8.80 Å². The molecule has 0 saturated heterocycles. The maximum Gasteiger partial charge on any atom is 0.500 e. The Morgan fingerprint density at radius 1 is 0.953 bits per heavy atom. The largest absolute Gasteiger partial charge is 0.744 e. The first-order chi connectivity index (χ1) is 20.5. The summed E-state index contributed by atoms with van der Waals surface area (Å²) in [5.74, 6) is 0.471. The Bertz CT molecular complexity index is 1750. The smallest absolute Gasteiger partial charge is 0.500 e. The van der Waals surface area contributed by atoms with E-state index in [9.17, 15) is 17.8 Å². The highest BCUT2D eigenvalue weighted by Crippen LogP contribution is 2.42. The molecule has 0 bridgehead atoms. The van der Waals surface area contributed by atoms with E-state index in [1.54, 1.807) is 12.1 Å². The topological polar surface area (TPSA) is 121 Å². The van der Waals surface area contributed by atoms with Crippen LogP contribution in [-0.2, 0) is 28.2 Å². The summed E-state index contributed by atoms with van der Waals surface area (Å²) in [6.45, 7) is 5.86. The normalized spacial score (nSPS) is 13.0. The molecular formula is C31H38N2O8SSi. The average molecular weight is 627 g/mol. The fourth-order valence-electron chi connectivity index (χ4n) is 5.36. The first-order valence-electron chi connectivity index (χ1n) is 14.0. The van der Waals surface area contributed by atoms with Crippen molar-refractivity contribution in [2.45, 2.75) is 31.2 Å².